The number of fused-ring (bicyclic) bond motifs is 5. The topological polar surface area (TPSA) is 49.2 Å². The zero-order chi connectivity index (χ0) is 14.0. The number of rotatable bonds is 1. The van der Waals surface area contributed by atoms with Gasteiger partial charge in [0, 0.05) is 17.0 Å². The Kier molecular flexibility index (Phi) is 2.59. The molecule has 2 aromatic rings. The van der Waals surface area contributed by atoms with Crippen LogP contribution in [0.15, 0.2) is 6.33 Å². The number of nitrogens with zero attached hydrogens (tertiary/aromatic N) is 3. The second kappa shape index (κ2) is 4.40. The van der Waals surface area contributed by atoms with Gasteiger partial charge in [-0.2, -0.15) is 0 Å². The van der Waals surface area contributed by atoms with Gasteiger partial charge in [0.1, 0.15) is 17.0 Å². The lowest BCUT2D eigenvalue weighted by Crippen LogP contribution is -2.45. The van der Waals surface area contributed by atoms with E-state index in [4.69, 9.17) is 0 Å². The lowest BCUT2D eigenvalue weighted by Gasteiger charge is -2.38. The summed E-state index contributed by atoms with van der Waals surface area (Å²) in [6.07, 6.45) is 9.46. The molecule has 21 heavy (non-hydrogen) atoms. The van der Waals surface area contributed by atoms with Gasteiger partial charge in [-0.1, -0.05) is 0 Å². The fourth-order valence-electron chi connectivity index (χ4n) is 4.60. The molecule has 110 valence electrons. The van der Waals surface area contributed by atoms with Crippen LogP contribution in [0.5, 0.6) is 0 Å². The highest BCUT2D eigenvalue weighted by Gasteiger charge is 2.42. The zero-order valence-corrected chi connectivity index (χ0v) is 12.8. The average Bonchev–Trinajstić information content (AvgIpc) is 3.10. The first-order chi connectivity index (χ1) is 10.3. The normalized spacial score (nSPS) is 31.1. The molecule has 5 heteroatoms. The highest BCUT2D eigenvalue weighted by molar-refractivity contribution is 7.19. The standard InChI is InChI=1S/C16H19N3OS/c20-11-6-9-4-5-10(7-11)19(9)15-14-12-2-1-3-13(12)21-16(14)18-8-17-15/h8-11,20H,1-7H2. The number of hydrogen-bond donors (Lipinski definition) is 1. The van der Waals surface area contributed by atoms with E-state index in [1.165, 1.54) is 47.9 Å². The Bertz CT molecular complexity index is 699. The molecule has 2 atom stereocenters. The summed E-state index contributed by atoms with van der Waals surface area (Å²) in [5.41, 5.74) is 1.51. The van der Waals surface area contributed by atoms with Gasteiger partial charge >= 0.3 is 0 Å². The van der Waals surface area contributed by atoms with Crippen molar-refractivity contribution in [3.63, 3.8) is 0 Å². The molecule has 0 radical (unpaired) electrons. The number of piperidine rings is 1. The van der Waals surface area contributed by atoms with Crippen LogP contribution in [0.2, 0.25) is 0 Å². The molecule has 2 fully saturated rings. The van der Waals surface area contributed by atoms with E-state index < -0.39 is 0 Å². The number of hydrogen-bond acceptors (Lipinski definition) is 5. The fraction of sp³-hybridized carbons (Fsp3) is 0.625. The Morgan fingerprint density at radius 3 is 2.76 bits per heavy atom. The fourth-order valence-corrected chi connectivity index (χ4v) is 5.83. The monoisotopic (exact) mass is 301 g/mol. The second-order valence-corrected chi connectivity index (χ2v) is 7.74. The molecule has 2 unspecified atom stereocenters. The number of aromatic nitrogens is 2. The van der Waals surface area contributed by atoms with Crippen molar-refractivity contribution in [1.82, 2.24) is 9.97 Å². The van der Waals surface area contributed by atoms with Crippen molar-refractivity contribution < 1.29 is 5.11 Å². The minimum absolute atomic E-state index is 0.121. The highest BCUT2D eigenvalue weighted by Crippen LogP contribution is 2.45. The van der Waals surface area contributed by atoms with E-state index in [-0.39, 0.29) is 6.10 Å². The Balaban J connectivity index is 1.68. The quantitative estimate of drug-likeness (QED) is 0.880. The summed E-state index contributed by atoms with van der Waals surface area (Å²) >= 11 is 1.86. The maximum Gasteiger partial charge on any atom is 0.141 e. The van der Waals surface area contributed by atoms with Crippen LogP contribution in [0.4, 0.5) is 5.82 Å². The van der Waals surface area contributed by atoms with Crippen molar-refractivity contribution >= 4 is 27.4 Å². The van der Waals surface area contributed by atoms with E-state index in [0.717, 1.165) is 23.5 Å². The van der Waals surface area contributed by atoms with Crippen LogP contribution >= 0.6 is 11.3 Å². The number of aliphatic hydroxyl groups excluding tert-OH is 1. The molecule has 3 aliphatic rings. The largest absolute Gasteiger partial charge is 0.393 e. The van der Waals surface area contributed by atoms with Crippen LogP contribution in [0.1, 0.15) is 42.5 Å². The number of thiophene rings is 1. The van der Waals surface area contributed by atoms with Crippen LogP contribution in [-0.2, 0) is 12.8 Å². The second-order valence-electron chi connectivity index (χ2n) is 6.65. The number of aliphatic hydroxyl groups is 1. The van der Waals surface area contributed by atoms with E-state index in [9.17, 15) is 5.11 Å². The molecule has 5 rings (SSSR count). The highest BCUT2D eigenvalue weighted by atomic mass is 32.1. The Morgan fingerprint density at radius 2 is 1.95 bits per heavy atom. The smallest absolute Gasteiger partial charge is 0.141 e. The molecule has 1 aliphatic carbocycles. The Labute approximate surface area is 127 Å². The maximum absolute atomic E-state index is 10.0. The van der Waals surface area contributed by atoms with Crippen LogP contribution in [0.3, 0.4) is 0 Å². The van der Waals surface area contributed by atoms with Crippen molar-refractivity contribution in [2.75, 3.05) is 4.90 Å². The van der Waals surface area contributed by atoms with Crippen LogP contribution < -0.4 is 4.90 Å². The first-order valence-electron chi connectivity index (χ1n) is 8.03. The van der Waals surface area contributed by atoms with Gasteiger partial charge in [0.05, 0.1) is 11.5 Å². The lowest BCUT2D eigenvalue weighted by atomic mass is 9.99. The minimum Gasteiger partial charge on any atom is -0.393 e. The van der Waals surface area contributed by atoms with Crippen molar-refractivity contribution in [2.24, 2.45) is 0 Å². The van der Waals surface area contributed by atoms with Gasteiger partial charge in [0.15, 0.2) is 0 Å². The van der Waals surface area contributed by atoms with Crippen molar-refractivity contribution in [3.05, 3.63) is 16.8 Å². The predicted octanol–water partition coefficient (Wildman–Crippen LogP) is 2.67. The summed E-state index contributed by atoms with van der Waals surface area (Å²) in [7, 11) is 0. The van der Waals surface area contributed by atoms with E-state index in [0.29, 0.717) is 12.1 Å². The van der Waals surface area contributed by atoms with E-state index >= 15 is 0 Å². The van der Waals surface area contributed by atoms with E-state index in [1.54, 1.807) is 6.33 Å². The molecule has 2 aliphatic heterocycles. The van der Waals surface area contributed by atoms with Crippen LogP contribution in [0, 0.1) is 0 Å². The van der Waals surface area contributed by atoms with Crippen molar-refractivity contribution in [3.8, 4) is 0 Å². The predicted molar refractivity (Wildman–Crippen MR) is 84.0 cm³/mol. The summed E-state index contributed by atoms with van der Waals surface area (Å²) in [4.78, 5) is 14.4. The molecule has 0 aromatic carbocycles. The summed E-state index contributed by atoms with van der Waals surface area (Å²) in [5.74, 6) is 1.15. The number of anilines is 1. The van der Waals surface area contributed by atoms with Gasteiger partial charge in [-0.15, -0.1) is 11.3 Å². The van der Waals surface area contributed by atoms with Gasteiger partial charge in [-0.05, 0) is 50.5 Å². The summed E-state index contributed by atoms with van der Waals surface area (Å²) in [5, 5.41) is 11.3. The molecular formula is C16H19N3OS. The molecule has 0 amide bonds. The van der Waals surface area contributed by atoms with Crippen LogP contribution in [0.25, 0.3) is 10.2 Å². The molecule has 2 aromatic heterocycles. The lowest BCUT2D eigenvalue weighted by molar-refractivity contribution is 0.126. The third-order valence-corrected chi connectivity index (χ3v) is 6.63. The maximum atomic E-state index is 10.0. The van der Waals surface area contributed by atoms with E-state index in [2.05, 4.69) is 14.9 Å². The number of aryl methyl sites for hydroxylation is 2. The first kappa shape index (κ1) is 12.4. The van der Waals surface area contributed by atoms with Gasteiger partial charge in [0.2, 0.25) is 0 Å². The van der Waals surface area contributed by atoms with Crippen LogP contribution in [-0.4, -0.2) is 33.3 Å². The van der Waals surface area contributed by atoms with E-state index in [1.807, 2.05) is 11.3 Å². The molecule has 4 nitrogen and oxygen atoms in total. The van der Waals surface area contributed by atoms with Crippen molar-refractivity contribution in [1.29, 1.82) is 0 Å². The van der Waals surface area contributed by atoms with Gasteiger partial charge in [0.25, 0.3) is 0 Å². The molecule has 2 bridgehead atoms. The van der Waals surface area contributed by atoms with Crippen molar-refractivity contribution in [2.45, 2.75) is 63.1 Å². The third-order valence-electron chi connectivity index (χ3n) is 5.43. The zero-order valence-electron chi connectivity index (χ0n) is 12.0. The first-order valence-corrected chi connectivity index (χ1v) is 8.84. The summed E-state index contributed by atoms with van der Waals surface area (Å²) in [6.45, 7) is 0. The minimum atomic E-state index is -0.121. The SMILES string of the molecule is OC1CC2CCC(C1)N2c1ncnc2sc3c(c12)CCC3. The van der Waals surface area contributed by atoms with Gasteiger partial charge in [-0.3, -0.25) is 0 Å². The van der Waals surface area contributed by atoms with Gasteiger partial charge < -0.3 is 10.0 Å². The van der Waals surface area contributed by atoms with Gasteiger partial charge in [-0.25, -0.2) is 9.97 Å². The summed E-state index contributed by atoms with van der Waals surface area (Å²) < 4.78 is 0. The molecule has 0 spiro atoms. The summed E-state index contributed by atoms with van der Waals surface area (Å²) in [6, 6.07) is 0.933. The molecule has 1 N–H and O–H groups in total. The average molecular weight is 301 g/mol. The molecule has 0 saturated carbocycles. The Hall–Kier alpha value is -1.20. The molecule has 2 saturated heterocycles. The molecule has 4 heterocycles. The Morgan fingerprint density at radius 1 is 1.14 bits per heavy atom. The molecular weight excluding hydrogens is 282 g/mol. The third kappa shape index (κ3) is 1.70.